The normalized spacial score (nSPS) is 10.7. The third-order valence-corrected chi connectivity index (χ3v) is 4.24. The first kappa shape index (κ1) is 18.1. The van der Waals surface area contributed by atoms with Crippen molar-refractivity contribution >= 4 is 17.5 Å². The number of hydrogen-bond acceptors (Lipinski definition) is 3. The van der Waals surface area contributed by atoms with Crippen LogP contribution in [0.1, 0.15) is 17.5 Å². The fourth-order valence-corrected chi connectivity index (χ4v) is 2.76. The Labute approximate surface area is 155 Å². The van der Waals surface area contributed by atoms with Gasteiger partial charge in [-0.25, -0.2) is 4.39 Å². The second-order valence-electron chi connectivity index (χ2n) is 6.01. The first-order chi connectivity index (χ1) is 12.5. The van der Waals surface area contributed by atoms with E-state index in [4.69, 9.17) is 11.6 Å². The lowest BCUT2D eigenvalue weighted by Crippen LogP contribution is -2.23. The topological polar surface area (TPSA) is 59.8 Å². The zero-order valence-corrected chi connectivity index (χ0v) is 15.0. The van der Waals surface area contributed by atoms with E-state index in [9.17, 15) is 9.18 Å². The molecule has 1 aromatic carbocycles. The van der Waals surface area contributed by atoms with E-state index in [0.29, 0.717) is 19.4 Å². The lowest BCUT2D eigenvalue weighted by atomic mass is 10.1. The molecule has 134 valence electrons. The fourth-order valence-electron chi connectivity index (χ4n) is 2.55. The lowest BCUT2D eigenvalue weighted by Gasteiger charge is -2.07. The Morgan fingerprint density at radius 3 is 2.77 bits per heavy atom. The molecule has 2 aromatic heterocycles. The number of carbonyl (C=O) groups is 1. The van der Waals surface area contributed by atoms with E-state index < -0.39 is 5.82 Å². The molecule has 2 heterocycles. The monoisotopic (exact) mass is 372 g/mol. The van der Waals surface area contributed by atoms with Gasteiger partial charge in [-0.15, -0.1) is 0 Å². The Hall–Kier alpha value is -2.73. The predicted octanol–water partition coefficient (Wildman–Crippen LogP) is 3.52. The van der Waals surface area contributed by atoms with Crippen LogP contribution >= 0.6 is 11.6 Å². The number of pyridine rings is 1. The van der Waals surface area contributed by atoms with Crippen LogP contribution in [-0.4, -0.2) is 20.7 Å². The van der Waals surface area contributed by atoms with Gasteiger partial charge in [0.05, 0.1) is 11.2 Å². The highest BCUT2D eigenvalue weighted by Crippen LogP contribution is 2.19. The molecule has 0 atom stereocenters. The third-order valence-electron chi connectivity index (χ3n) is 3.95. The molecule has 3 rings (SSSR count). The van der Waals surface area contributed by atoms with Crippen molar-refractivity contribution in [3.05, 3.63) is 71.0 Å². The van der Waals surface area contributed by atoms with Gasteiger partial charge < -0.3 is 5.32 Å². The second-order valence-corrected chi connectivity index (χ2v) is 6.42. The Bertz CT molecular complexity index is 925. The maximum absolute atomic E-state index is 13.1. The SMILES string of the molecule is Cn1cc(-c2cncc(CNC(=O)CCc3ccc(F)c(Cl)c3)c2)cn1. The van der Waals surface area contributed by atoms with Crippen molar-refractivity contribution in [2.24, 2.45) is 7.05 Å². The molecule has 0 aliphatic heterocycles. The number of aromatic nitrogens is 3. The Kier molecular flexibility index (Phi) is 5.63. The first-order valence-electron chi connectivity index (χ1n) is 8.15. The standard InChI is InChI=1S/C19H18ClFN4O/c1-25-12-16(11-24-25)15-6-14(8-22-10-15)9-23-19(26)5-3-13-2-4-18(21)17(20)7-13/h2,4,6-8,10-12H,3,5,9H2,1H3,(H,23,26). The molecule has 0 fully saturated rings. The molecule has 0 aliphatic carbocycles. The summed E-state index contributed by atoms with van der Waals surface area (Å²) < 4.78 is 14.9. The molecule has 0 aliphatic rings. The number of rotatable bonds is 6. The first-order valence-corrected chi connectivity index (χ1v) is 8.52. The van der Waals surface area contributed by atoms with Crippen molar-refractivity contribution in [2.75, 3.05) is 0 Å². The number of benzene rings is 1. The summed E-state index contributed by atoms with van der Waals surface area (Å²) in [7, 11) is 1.86. The van der Waals surface area contributed by atoms with Gasteiger partial charge in [-0.3, -0.25) is 14.5 Å². The summed E-state index contributed by atoms with van der Waals surface area (Å²) in [5, 5.41) is 7.09. The molecular formula is C19H18ClFN4O. The Morgan fingerprint density at radius 2 is 2.04 bits per heavy atom. The van der Waals surface area contributed by atoms with Gasteiger partial charge in [-0.2, -0.15) is 5.10 Å². The average Bonchev–Trinajstić information content (AvgIpc) is 3.08. The van der Waals surface area contributed by atoms with Crippen LogP contribution < -0.4 is 5.32 Å². The van der Waals surface area contributed by atoms with Gasteiger partial charge in [0.25, 0.3) is 0 Å². The van der Waals surface area contributed by atoms with Crippen molar-refractivity contribution in [1.29, 1.82) is 0 Å². The minimum atomic E-state index is -0.458. The van der Waals surface area contributed by atoms with Crippen LogP contribution in [-0.2, 0) is 24.8 Å². The average molecular weight is 373 g/mol. The van der Waals surface area contributed by atoms with Gasteiger partial charge in [-0.05, 0) is 35.7 Å². The van der Waals surface area contributed by atoms with Gasteiger partial charge in [0.15, 0.2) is 0 Å². The molecule has 7 heteroatoms. The van der Waals surface area contributed by atoms with Crippen molar-refractivity contribution in [1.82, 2.24) is 20.1 Å². The summed E-state index contributed by atoms with van der Waals surface area (Å²) in [4.78, 5) is 16.3. The Balaban J connectivity index is 1.53. The molecule has 1 amide bonds. The summed E-state index contributed by atoms with van der Waals surface area (Å²) in [5.41, 5.74) is 3.66. The van der Waals surface area contributed by atoms with E-state index in [1.165, 1.54) is 6.07 Å². The molecule has 0 unspecified atom stereocenters. The van der Waals surface area contributed by atoms with Crippen molar-refractivity contribution in [3.63, 3.8) is 0 Å². The molecule has 0 radical (unpaired) electrons. The van der Waals surface area contributed by atoms with E-state index in [1.54, 1.807) is 35.4 Å². The largest absolute Gasteiger partial charge is 0.352 e. The molecule has 0 bridgehead atoms. The number of carbonyl (C=O) groups excluding carboxylic acids is 1. The molecule has 26 heavy (non-hydrogen) atoms. The van der Waals surface area contributed by atoms with Crippen LogP contribution in [0, 0.1) is 5.82 Å². The van der Waals surface area contributed by atoms with E-state index in [0.717, 1.165) is 22.3 Å². The Morgan fingerprint density at radius 1 is 1.19 bits per heavy atom. The third kappa shape index (κ3) is 4.67. The number of halogens is 2. The molecule has 0 saturated carbocycles. The fraction of sp³-hybridized carbons (Fsp3) is 0.211. The van der Waals surface area contributed by atoms with Gasteiger partial charge in [-0.1, -0.05) is 17.7 Å². The highest BCUT2D eigenvalue weighted by atomic mass is 35.5. The van der Waals surface area contributed by atoms with Gasteiger partial charge >= 0.3 is 0 Å². The summed E-state index contributed by atoms with van der Waals surface area (Å²) in [6, 6.07) is 6.47. The number of nitrogens with one attached hydrogen (secondary N) is 1. The summed E-state index contributed by atoms with van der Waals surface area (Å²) in [6.45, 7) is 0.393. The van der Waals surface area contributed by atoms with Crippen LogP contribution in [0.15, 0.2) is 49.1 Å². The second kappa shape index (κ2) is 8.10. The number of hydrogen-bond donors (Lipinski definition) is 1. The van der Waals surface area contributed by atoms with Crippen molar-refractivity contribution in [2.45, 2.75) is 19.4 Å². The summed E-state index contributed by atoms with van der Waals surface area (Å²) in [6.07, 6.45) is 7.97. The van der Waals surface area contributed by atoms with Crippen LogP contribution in [0.3, 0.4) is 0 Å². The molecular weight excluding hydrogens is 355 g/mol. The van der Waals surface area contributed by atoms with E-state index >= 15 is 0 Å². The zero-order valence-electron chi connectivity index (χ0n) is 14.2. The zero-order chi connectivity index (χ0) is 18.5. The highest BCUT2D eigenvalue weighted by Gasteiger charge is 2.07. The number of amides is 1. The summed E-state index contributed by atoms with van der Waals surface area (Å²) in [5.74, 6) is -0.543. The van der Waals surface area contributed by atoms with Crippen LogP contribution in [0.2, 0.25) is 5.02 Å². The van der Waals surface area contributed by atoms with Gasteiger partial charge in [0.1, 0.15) is 5.82 Å². The maximum atomic E-state index is 13.1. The van der Waals surface area contributed by atoms with Gasteiger partial charge in [0, 0.05) is 49.7 Å². The van der Waals surface area contributed by atoms with E-state index in [-0.39, 0.29) is 10.9 Å². The lowest BCUT2D eigenvalue weighted by molar-refractivity contribution is -0.121. The molecule has 1 N–H and O–H groups in total. The van der Waals surface area contributed by atoms with E-state index in [1.807, 2.05) is 19.3 Å². The molecule has 3 aromatic rings. The smallest absolute Gasteiger partial charge is 0.220 e. The molecule has 0 saturated heterocycles. The maximum Gasteiger partial charge on any atom is 0.220 e. The van der Waals surface area contributed by atoms with Crippen LogP contribution in [0.5, 0.6) is 0 Å². The number of nitrogens with zero attached hydrogens (tertiary/aromatic N) is 3. The van der Waals surface area contributed by atoms with Crippen LogP contribution in [0.4, 0.5) is 4.39 Å². The van der Waals surface area contributed by atoms with Gasteiger partial charge in [0.2, 0.25) is 5.91 Å². The van der Waals surface area contributed by atoms with E-state index in [2.05, 4.69) is 15.4 Å². The van der Waals surface area contributed by atoms with Crippen molar-refractivity contribution < 1.29 is 9.18 Å². The molecule has 0 spiro atoms. The van der Waals surface area contributed by atoms with Crippen LogP contribution in [0.25, 0.3) is 11.1 Å². The van der Waals surface area contributed by atoms with Crippen molar-refractivity contribution in [3.8, 4) is 11.1 Å². The minimum Gasteiger partial charge on any atom is -0.352 e. The highest BCUT2D eigenvalue weighted by molar-refractivity contribution is 6.30. The number of aryl methyl sites for hydroxylation is 2. The predicted molar refractivity (Wildman–Crippen MR) is 98.0 cm³/mol. The quantitative estimate of drug-likeness (QED) is 0.720. The summed E-state index contributed by atoms with van der Waals surface area (Å²) >= 11 is 5.75. The molecule has 5 nitrogen and oxygen atoms in total. The minimum absolute atomic E-state index is 0.0706.